The first kappa shape index (κ1) is 52.8. The fraction of sp³-hybridized carbons (Fsp3) is 0.0909. The van der Waals surface area contributed by atoms with E-state index in [1.54, 1.807) is 0 Å². The van der Waals surface area contributed by atoms with E-state index in [0.29, 0.717) is 35.2 Å². The number of aryl methyl sites for hydroxylation is 6. The van der Waals surface area contributed by atoms with Gasteiger partial charge < -0.3 is 0 Å². The third kappa shape index (κ3) is 10.7. The molecule has 404 valence electrons. The van der Waals surface area contributed by atoms with Crippen LogP contribution in [0, 0.1) is 41.5 Å². The number of benzene rings is 11. The SMILES string of the molecule is Cc1cc(C)c(C(c2ccc(N(c3nc(-c4ccccc4)nc(-c4cc(-c5ccccc5)cc(-c5ccccc5)c4)n3)c3nc(-c4ccccc4)nc(-c4cc5ccccc5cc4-c4ccccc4)n3)cc2)c2c(C)cc(C)cc2C)c(C)c1. The van der Waals surface area contributed by atoms with Gasteiger partial charge in [0.2, 0.25) is 11.9 Å². The van der Waals surface area contributed by atoms with Crippen LogP contribution in [0.2, 0.25) is 0 Å². The molecule has 11 aromatic carbocycles. The Morgan fingerprint density at radius 3 is 1.06 bits per heavy atom. The predicted molar refractivity (Wildman–Crippen MR) is 346 cm³/mol. The molecule has 7 heteroatoms. The van der Waals surface area contributed by atoms with Crippen molar-refractivity contribution in [3.63, 3.8) is 0 Å². The lowest BCUT2D eigenvalue weighted by Crippen LogP contribution is -2.19. The van der Waals surface area contributed by atoms with Gasteiger partial charge in [-0.15, -0.1) is 0 Å². The molecule has 0 unspecified atom stereocenters. The number of nitrogens with zero attached hydrogens (tertiary/aromatic N) is 7. The van der Waals surface area contributed by atoms with Crippen molar-refractivity contribution < 1.29 is 0 Å². The predicted octanol–water partition coefficient (Wildman–Crippen LogP) is 19.4. The Kier molecular flexibility index (Phi) is 14.3. The third-order valence-corrected chi connectivity index (χ3v) is 15.9. The Morgan fingerprint density at radius 2 is 0.619 bits per heavy atom. The van der Waals surface area contributed by atoms with Gasteiger partial charge in [0.15, 0.2) is 23.3 Å². The quantitative estimate of drug-likeness (QED) is 0.106. The third-order valence-electron chi connectivity index (χ3n) is 15.9. The van der Waals surface area contributed by atoms with Crippen LogP contribution in [0.3, 0.4) is 0 Å². The summed E-state index contributed by atoms with van der Waals surface area (Å²) in [6.07, 6.45) is 0. The van der Waals surface area contributed by atoms with Crippen LogP contribution < -0.4 is 4.90 Å². The minimum atomic E-state index is -0.0596. The lowest BCUT2D eigenvalue weighted by Gasteiger charge is -2.28. The fourth-order valence-corrected chi connectivity index (χ4v) is 12.2. The number of aromatic nitrogens is 6. The minimum Gasteiger partial charge on any atom is -0.246 e. The molecule has 2 aromatic heterocycles. The van der Waals surface area contributed by atoms with Gasteiger partial charge in [-0.05, 0) is 167 Å². The number of hydrogen-bond donors (Lipinski definition) is 0. The average Bonchev–Trinajstić information content (AvgIpc) is 3.36. The first-order valence-corrected chi connectivity index (χ1v) is 28.6. The van der Waals surface area contributed by atoms with Crippen LogP contribution in [-0.4, -0.2) is 29.9 Å². The van der Waals surface area contributed by atoms with Crippen molar-refractivity contribution in [1.82, 2.24) is 29.9 Å². The van der Waals surface area contributed by atoms with Crippen molar-refractivity contribution in [2.75, 3.05) is 4.90 Å². The monoisotopic (exact) mass is 1080 g/mol. The first-order valence-electron chi connectivity index (χ1n) is 28.6. The molecule has 0 radical (unpaired) electrons. The van der Waals surface area contributed by atoms with Crippen LogP contribution in [0.4, 0.5) is 17.6 Å². The summed E-state index contributed by atoms with van der Waals surface area (Å²) >= 11 is 0. The maximum Gasteiger partial charge on any atom is 0.241 e. The summed E-state index contributed by atoms with van der Waals surface area (Å²) in [5.41, 5.74) is 21.7. The Hall–Kier alpha value is -10.5. The lowest BCUT2D eigenvalue weighted by molar-refractivity contribution is 0.917. The Balaban J connectivity index is 1.09. The van der Waals surface area contributed by atoms with Crippen molar-refractivity contribution in [1.29, 1.82) is 0 Å². The van der Waals surface area contributed by atoms with Crippen molar-refractivity contribution in [2.45, 2.75) is 47.5 Å². The van der Waals surface area contributed by atoms with E-state index in [0.717, 1.165) is 77.7 Å². The molecule has 0 bridgehead atoms. The Bertz CT molecular complexity index is 4370. The van der Waals surface area contributed by atoms with Gasteiger partial charge in [0.25, 0.3) is 0 Å². The number of fused-ring (bicyclic) bond motifs is 1. The van der Waals surface area contributed by atoms with Crippen LogP contribution in [0.25, 0.3) is 89.7 Å². The standard InChI is InChI=1S/C77H61N7/c1-49-40-51(3)69(52(4)41-49)71(70-53(5)42-50(2)43-54(70)6)58-36-38-66(39-37-58)84(77-81-73(60-32-20-11-21-33-60)79-75(83-77)68-48-62-35-23-22-34-61(62)47-67(68)57-28-16-9-17-29-57)76-80-72(59-30-18-10-19-31-59)78-74(82-76)65-45-63(55-24-12-7-13-25-55)44-64(46-65)56-26-14-8-15-27-56/h7-48,71H,1-6H3. The van der Waals surface area contributed by atoms with Crippen LogP contribution in [-0.2, 0) is 0 Å². The van der Waals surface area contributed by atoms with E-state index in [9.17, 15) is 0 Å². The van der Waals surface area contributed by atoms with E-state index in [2.05, 4.69) is 217 Å². The van der Waals surface area contributed by atoms with Gasteiger partial charge in [-0.1, -0.05) is 223 Å². The normalized spacial score (nSPS) is 11.3. The number of rotatable bonds is 13. The van der Waals surface area contributed by atoms with E-state index >= 15 is 0 Å². The molecule has 13 aromatic rings. The van der Waals surface area contributed by atoms with Gasteiger partial charge in [-0.25, -0.2) is 14.9 Å². The average molecular weight is 1080 g/mol. The molecule has 0 spiro atoms. The van der Waals surface area contributed by atoms with Crippen LogP contribution >= 0.6 is 0 Å². The summed E-state index contributed by atoms with van der Waals surface area (Å²) in [5, 5.41) is 2.18. The number of anilines is 3. The highest BCUT2D eigenvalue weighted by Crippen LogP contribution is 2.44. The summed E-state index contributed by atoms with van der Waals surface area (Å²) in [4.78, 5) is 34.9. The molecule has 0 saturated carbocycles. The summed E-state index contributed by atoms with van der Waals surface area (Å²) in [6.45, 7) is 13.4. The molecule has 0 aliphatic heterocycles. The second-order valence-corrected chi connectivity index (χ2v) is 21.9. The molecule has 0 atom stereocenters. The molecule has 0 aliphatic rings. The summed E-state index contributed by atoms with van der Waals surface area (Å²) in [5.74, 6) is 2.60. The molecule has 0 N–H and O–H groups in total. The molecule has 2 heterocycles. The van der Waals surface area contributed by atoms with Gasteiger partial charge >= 0.3 is 0 Å². The van der Waals surface area contributed by atoms with Crippen LogP contribution in [0.15, 0.2) is 255 Å². The zero-order valence-electron chi connectivity index (χ0n) is 48.0. The smallest absolute Gasteiger partial charge is 0.241 e. The minimum absolute atomic E-state index is 0.0596. The summed E-state index contributed by atoms with van der Waals surface area (Å²) in [6, 6.07) is 89.3. The molecule has 0 aliphatic carbocycles. The van der Waals surface area contributed by atoms with E-state index in [4.69, 9.17) is 29.9 Å². The van der Waals surface area contributed by atoms with E-state index in [1.807, 2.05) is 83.8 Å². The second-order valence-electron chi connectivity index (χ2n) is 21.9. The highest BCUT2D eigenvalue weighted by Gasteiger charge is 2.29. The zero-order valence-corrected chi connectivity index (χ0v) is 48.0. The van der Waals surface area contributed by atoms with Crippen molar-refractivity contribution in [3.8, 4) is 78.9 Å². The molecular weight excluding hydrogens is 1020 g/mol. The molecule has 7 nitrogen and oxygen atoms in total. The van der Waals surface area contributed by atoms with E-state index in [1.165, 1.54) is 44.5 Å². The van der Waals surface area contributed by atoms with Crippen LogP contribution in [0.5, 0.6) is 0 Å². The van der Waals surface area contributed by atoms with E-state index in [-0.39, 0.29) is 5.92 Å². The largest absolute Gasteiger partial charge is 0.246 e. The van der Waals surface area contributed by atoms with Gasteiger partial charge in [0, 0.05) is 28.2 Å². The fourth-order valence-electron chi connectivity index (χ4n) is 12.2. The van der Waals surface area contributed by atoms with Crippen LogP contribution in [0.1, 0.15) is 56.0 Å². The Morgan fingerprint density at radius 1 is 0.274 bits per heavy atom. The molecule has 84 heavy (non-hydrogen) atoms. The summed E-state index contributed by atoms with van der Waals surface area (Å²) < 4.78 is 0. The topological polar surface area (TPSA) is 80.6 Å². The van der Waals surface area contributed by atoms with Gasteiger partial charge in [0.05, 0.1) is 5.69 Å². The molecule has 0 fully saturated rings. The Labute approximate surface area is 491 Å². The van der Waals surface area contributed by atoms with Crippen molar-refractivity contribution >= 4 is 28.4 Å². The van der Waals surface area contributed by atoms with Crippen molar-refractivity contribution in [3.05, 3.63) is 305 Å². The molecule has 13 rings (SSSR count). The number of hydrogen-bond acceptors (Lipinski definition) is 7. The summed E-state index contributed by atoms with van der Waals surface area (Å²) in [7, 11) is 0. The van der Waals surface area contributed by atoms with Crippen molar-refractivity contribution in [2.24, 2.45) is 0 Å². The zero-order chi connectivity index (χ0) is 57.3. The maximum atomic E-state index is 5.61. The highest BCUT2D eigenvalue weighted by atomic mass is 15.4. The molecular formula is C77H61N7. The second kappa shape index (κ2) is 22.8. The van der Waals surface area contributed by atoms with Gasteiger partial charge in [-0.2, -0.15) is 19.9 Å². The maximum absolute atomic E-state index is 5.61. The van der Waals surface area contributed by atoms with Gasteiger partial charge in [-0.3, -0.25) is 0 Å². The van der Waals surface area contributed by atoms with Gasteiger partial charge in [0.1, 0.15) is 0 Å². The lowest BCUT2D eigenvalue weighted by atomic mass is 9.77. The first-order chi connectivity index (χ1) is 41.1. The molecule has 0 amide bonds. The van der Waals surface area contributed by atoms with E-state index < -0.39 is 0 Å². The molecule has 0 saturated heterocycles. The highest BCUT2D eigenvalue weighted by molar-refractivity contribution is 5.96.